The van der Waals surface area contributed by atoms with Gasteiger partial charge in [-0.25, -0.2) is 0 Å². The van der Waals surface area contributed by atoms with E-state index < -0.39 is 11.5 Å². The summed E-state index contributed by atoms with van der Waals surface area (Å²) in [6.07, 6.45) is 0. The Hall–Kier alpha value is -1.35. The van der Waals surface area contributed by atoms with E-state index in [2.05, 4.69) is 32.0 Å². The average Bonchev–Trinajstić information content (AvgIpc) is 2.23. The monoisotopic (exact) mass is 235 g/mol. The van der Waals surface area contributed by atoms with Gasteiger partial charge in [-0.15, -0.1) is 0 Å². The van der Waals surface area contributed by atoms with E-state index in [0.717, 1.165) is 5.56 Å². The molecular formula is C14H21NO2. The van der Waals surface area contributed by atoms with Crippen molar-refractivity contribution < 1.29 is 9.90 Å². The Morgan fingerprint density at radius 1 is 1.29 bits per heavy atom. The molecule has 1 rings (SSSR count). The number of likely N-dealkylation sites (N-methyl/N-ethyl adjacent to an activating group) is 1. The smallest absolute Gasteiger partial charge is 0.323 e. The summed E-state index contributed by atoms with van der Waals surface area (Å²) in [5, 5.41) is 9.15. The van der Waals surface area contributed by atoms with E-state index >= 15 is 0 Å². The lowest BCUT2D eigenvalue weighted by atomic mass is 10.0. The Balaban J connectivity index is 2.84. The molecule has 0 fully saturated rings. The highest BCUT2D eigenvalue weighted by atomic mass is 16.4. The second-order valence-corrected chi connectivity index (χ2v) is 5.14. The first kappa shape index (κ1) is 13.7. The van der Waals surface area contributed by atoms with E-state index in [-0.39, 0.29) is 0 Å². The molecular weight excluding hydrogens is 214 g/mol. The molecule has 17 heavy (non-hydrogen) atoms. The highest BCUT2D eigenvalue weighted by Gasteiger charge is 2.31. The molecule has 0 amide bonds. The van der Waals surface area contributed by atoms with E-state index in [4.69, 9.17) is 5.11 Å². The third-order valence-electron chi connectivity index (χ3n) is 3.47. The molecule has 1 aromatic carbocycles. The van der Waals surface area contributed by atoms with Crippen LogP contribution in [-0.4, -0.2) is 28.6 Å². The van der Waals surface area contributed by atoms with Crippen molar-refractivity contribution in [2.45, 2.75) is 39.8 Å². The molecule has 0 saturated carbocycles. The van der Waals surface area contributed by atoms with E-state index in [1.54, 1.807) is 13.8 Å². The maximum Gasteiger partial charge on any atom is 0.323 e. The second-order valence-electron chi connectivity index (χ2n) is 5.14. The lowest BCUT2D eigenvalue weighted by Gasteiger charge is -2.31. The maximum atomic E-state index is 11.1. The average molecular weight is 235 g/mol. The lowest BCUT2D eigenvalue weighted by molar-refractivity contribution is -0.148. The van der Waals surface area contributed by atoms with Crippen LogP contribution in [0.25, 0.3) is 0 Å². The largest absolute Gasteiger partial charge is 0.480 e. The van der Waals surface area contributed by atoms with Crippen LogP contribution >= 0.6 is 0 Å². The minimum absolute atomic E-state index is 0.639. The predicted octanol–water partition coefficient (Wildman–Crippen LogP) is 2.60. The van der Waals surface area contributed by atoms with Gasteiger partial charge < -0.3 is 5.11 Å². The summed E-state index contributed by atoms with van der Waals surface area (Å²) in [4.78, 5) is 13.0. The molecule has 0 spiro atoms. The van der Waals surface area contributed by atoms with E-state index in [9.17, 15) is 4.79 Å². The molecule has 3 heteroatoms. The summed E-state index contributed by atoms with van der Waals surface area (Å²) in [5.74, 6) is -0.802. The SMILES string of the molecule is Cc1ccc(CN(C)C(C)(C)C(=O)O)cc1C. The van der Waals surface area contributed by atoms with Crippen molar-refractivity contribution in [2.75, 3.05) is 7.05 Å². The highest BCUT2D eigenvalue weighted by molar-refractivity contribution is 5.77. The molecule has 0 atom stereocenters. The summed E-state index contributed by atoms with van der Waals surface area (Å²) < 4.78 is 0. The number of carboxylic acid groups (broad SMARTS) is 1. The summed E-state index contributed by atoms with van der Waals surface area (Å²) in [6, 6.07) is 6.24. The number of benzene rings is 1. The Labute approximate surface area is 103 Å². The highest BCUT2D eigenvalue weighted by Crippen LogP contribution is 2.17. The first-order valence-electron chi connectivity index (χ1n) is 5.76. The van der Waals surface area contributed by atoms with Gasteiger partial charge in [0, 0.05) is 6.54 Å². The topological polar surface area (TPSA) is 40.5 Å². The van der Waals surface area contributed by atoms with Crippen molar-refractivity contribution in [1.29, 1.82) is 0 Å². The summed E-state index contributed by atoms with van der Waals surface area (Å²) in [5.41, 5.74) is 2.79. The zero-order chi connectivity index (χ0) is 13.2. The second kappa shape index (κ2) is 4.88. The fourth-order valence-corrected chi connectivity index (χ4v) is 1.54. The molecule has 0 heterocycles. The number of carbonyl (C=O) groups is 1. The minimum atomic E-state index is -0.848. The van der Waals surface area contributed by atoms with E-state index in [1.165, 1.54) is 11.1 Å². The fraction of sp³-hybridized carbons (Fsp3) is 0.500. The standard InChI is InChI=1S/C14H21NO2/c1-10-6-7-12(8-11(10)2)9-15(5)14(3,4)13(16)17/h6-8H,9H2,1-5H3,(H,16,17). The predicted molar refractivity (Wildman–Crippen MR) is 69.1 cm³/mol. The molecule has 94 valence electrons. The van der Waals surface area contributed by atoms with Crippen LogP contribution in [-0.2, 0) is 11.3 Å². The normalized spacial score (nSPS) is 11.9. The Morgan fingerprint density at radius 2 is 1.88 bits per heavy atom. The minimum Gasteiger partial charge on any atom is -0.480 e. The molecule has 3 nitrogen and oxygen atoms in total. The molecule has 0 aliphatic carbocycles. The van der Waals surface area contributed by atoms with Crippen molar-refractivity contribution >= 4 is 5.97 Å². The molecule has 0 saturated heterocycles. The number of rotatable bonds is 4. The van der Waals surface area contributed by atoms with Gasteiger partial charge >= 0.3 is 5.97 Å². The fourth-order valence-electron chi connectivity index (χ4n) is 1.54. The van der Waals surface area contributed by atoms with E-state index in [1.807, 2.05) is 11.9 Å². The van der Waals surface area contributed by atoms with Gasteiger partial charge in [0.05, 0.1) is 0 Å². The number of carboxylic acids is 1. The lowest BCUT2D eigenvalue weighted by Crippen LogP contribution is -2.47. The van der Waals surface area contributed by atoms with Gasteiger partial charge in [0.2, 0.25) is 0 Å². The van der Waals surface area contributed by atoms with Gasteiger partial charge in [-0.3, -0.25) is 9.69 Å². The molecule has 0 radical (unpaired) electrons. The molecule has 1 N–H and O–H groups in total. The summed E-state index contributed by atoms with van der Waals surface area (Å²) >= 11 is 0. The van der Waals surface area contributed by atoms with Crippen LogP contribution in [0, 0.1) is 13.8 Å². The van der Waals surface area contributed by atoms with Crippen molar-refractivity contribution in [3.63, 3.8) is 0 Å². The van der Waals surface area contributed by atoms with Crippen molar-refractivity contribution in [3.05, 3.63) is 34.9 Å². The molecule has 0 aromatic heterocycles. The van der Waals surface area contributed by atoms with E-state index in [0.29, 0.717) is 6.54 Å². The Kier molecular flexibility index (Phi) is 3.94. The molecule has 1 aromatic rings. The number of hydrogen-bond donors (Lipinski definition) is 1. The van der Waals surface area contributed by atoms with Crippen molar-refractivity contribution in [3.8, 4) is 0 Å². The quantitative estimate of drug-likeness (QED) is 0.872. The van der Waals surface area contributed by atoms with Crippen LogP contribution < -0.4 is 0 Å². The zero-order valence-corrected chi connectivity index (χ0v) is 11.2. The van der Waals surface area contributed by atoms with Gasteiger partial charge in [0.25, 0.3) is 0 Å². The van der Waals surface area contributed by atoms with Gasteiger partial charge in [-0.2, -0.15) is 0 Å². The number of aliphatic carboxylic acids is 1. The first-order chi connectivity index (χ1) is 7.75. The maximum absolute atomic E-state index is 11.1. The van der Waals surface area contributed by atoms with Gasteiger partial charge in [-0.05, 0) is 51.4 Å². The zero-order valence-electron chi connectivity index (χ0n) is 11.2. The number of aryl methyl sites for hydroxylation is 2. The van der Waals surface area contributed by atoms with Crippen LogP contribution in [0.5, 0.6) is 0 Å². The summed E-state index contributed by atoms with van der Waals surface area (Å²) in [6.45, 7) is 8.22. The summed E-state index contributed by atoms with van der Waals surface area (Å²) in [7, 11) is 1.84. The third-order valence-corrected chi connectivity index (χ3v) is 3.47. The van der Waals surface area contributed by atoms with Crippen molar-refractivity contribution in [1.82, 2.24) is 4.90 Å². The molecule has 0 aliphatic heterocycles. The number of nitrogens with zero attached hydrogens (tertiary/aromatic N) is 1. The van der Waals surface area contributed by atoms with Crippen LogP contribution in [0.4, 0.5) is 0 Å². The van der Waals surface area contributed by atoms with Gasteiger partial charge in [-0.1, -0.05) is 18.2 Å². The van der Waals surface area contributed by atoms with Crippen LogP contribution in [0.15, 0.2) is 18.2 Å². The van der Waals surface area contributed by atoms with Crippen LogP contribution in [0.3, 0.4) is 0 Å². The molecule has 0 aliphatic rings. The van der Waals surface area contributed by atoms with Crippen LogP contribution in [0.1, 0.15) is 30.5 Å². The van der Waals surface area contributed by atoms with Crippen LogP contribution in [0.2, 0.25) is 0 Å². The van der Waals surface area contributed by atoms with Crippen molar-refractivity contribution in [2.24, 2.45) is 0 Å². The van der Waals surface area contributed by atoms with Gasteiger partial charge in [0.15, 0.2) is 0 Å². The third kappa shape index (κ3) is 3.07. The first-order valence-corrected chi connectivity index (χ1v) is 5.76. The molecule has 0 bridgehead atoms. The Morgan fingerprint density at radius 3 is 2.35 bits per heavy atom. The van der Waals surface area contributed by atoms with Gasteiger partial charge in [0.1, 0.15) is 5.54 Å². The number of hydrogen-bond acceptors (Lipinski definition) is 2. The Bertz CT molecular complexity index is 424. The molecule has 0 unspecified atom stereocenters.